The van der Waals surface area contributed by atoms with E-state index in [4.69, 9.17) is 24.7 Å². The molecule has 0 aromatic heterocycles. The third-order valence-corrected chi connectivity index (χ3v) is 5.43. The molecule has 0 radical (unpaired) electrons. The zero-order chi connectivity index (χ0) is 20.9. The van der Waals surface area contributed by atoms with E-state index in [1.54, 1.807) is 18.9 Å². The Morgan fingerprint density at radius 3 is 2.93 bits per heavy atom. The molecule has 4 aliphatic rings. The van der Waals surface area contributed by atoms with Gasteiger partial charge in [-0.2, -0.15) is 10.4 Å². The van der Waals surface area contributed by atoms with Gasteiger partial charge in [-0.05, 0) is 0 Å². The quantitative estimate of drug-likeness (QED) is 0.653. The molecule has 0 saturated carbocycles. The number of aliphatic imine (C=N–C) groups is 1. The van der Waals surface area contributed by atoms with Crippen molar-refractivity contribution in [3.63, 3.8) is 0 Å². The first-order chi connectivity index (χ1) is 13.8. The summed E-state index contributed by atoms with van der Waals surface area (Å²) < 4.78 is 22.0. The molecule has 0 spiro atoms. The van der Waals surface area contributed by atoms with E-state index < -0.39 is 42.1 Å². The number of hydrogen-bond donors (Lipinski definition) is 1. The Labute approximate surface area is 166 Å². The molecular formula is C18H21N5O6. The minimum atomic E-state index is -1.61. The highest BCUT2D eigenvalue weighted by Crippen LogP contribution is 2.47. The van der Waals surface area contributed by atoms with Gasteiger partial charge >= 0.3 is 12.1 Å². The molecule has 11 nitrogen and oxygen atoms in total. The standard InChI is InChI=1S/C18H21N5O6/c1-8(2)16(24)26-5-11-12-14(28-17(25)27-12)18(6-19,29-11)13-9(3)4-10-15(20)21-7-22-23(10)13/h4,7-9,11-14H,5H2,1-3H3,(H2,20,21,22)/t9?,11-,12-,13?,14-,18+/m1/s1. The van der Waals surface area contributed by atoms with Gasteiger partial charge in [-0.1, -0.05) is 26.8 Å². The predicted molar refractivity (Wildman–Crippen MR) is 97.1 cm³/mol. The summed E-state index contributed by atoms with van der Waals surface area (Å²) in [6, 6.07) is 1.53. The molecular weight excluding hydrogens is 382 g/mol. The Hall–Kier alpha value is -3.13. The van der Waals surface area contributed by atoms with Crippen LogP contribution in [0.25, 0.3) is 0 Å². The van der Waals surface area contributed by atoms with E-state index in [9.17, 15) is 14.9 Å². The van der Waals surface area contributed by atoms with Crippen LogP contribution in [0.3, 0.4) is 0 Å². The summed E-state index contributed by atoms with van der Waals surface area (Å²) in [6.45, 7) is 5.10. The lowest BCUT2D eigenvalue weighted by molar-refractivity contribution is -0.157. The van der Waals surface area contributed by atoms with Gasteiger partial charge in [0.05, 0.1) is 11.6 Å². The molecule has 154 valence electrons. The van der Waals surface area contributed by atoms with Crippen molar-refractivity contribution >= 4 is 24.3 Å². The lowest BCUT2D eigenvalue weighted by Gasteiger charge is -2.38. The number of rotatable bonds is 4. The zero-order valence-corrected chi connectivity index (χ0v) is 16.1. The zero-order valence-electron chi connectivity index (χ0n) is 16.1. The number of carbonyl (C=O) groups is 2. The fourth-order valence-corrected chi connectivity index (χ4v) is 4.12. The summed E-state index contributed by atoms with van der Waals surface area (Å²) in [5.74, 6) is -0.723. The summed E-state index contributed by atoms with van der Waals surface area (Å²) >= 11 is 0. The van der Waals surface area contributed by atoms with E-state index in [1.807, 2.05) is 13.0 Å². The third-order valence-electron chi connectivity index (χ3n) is 5.43. The number of carbonyl (C=O) groups excluding carboxylic acids is 2. The number of hydrogen-bond acceptors (Lipinski definition) is 11. The molecule has 2 unspecified atom stereocenters. The Bertz CT molecular complexity index is 876. The minimum absolute atomic E-state index is 0.174. The Morgan fingerprint density at radius 1 is 1.48 bits per heavy atom. The monoisotopic (exact) mass is 403 g/mol. The summed E-state index contributed by atoms with van der Waals surface area (Å²) in [5.41, 5.74) is 4.89. The summed E-state index contributed by atoms with van der Waals surface area (Å²) in [4.78, 5) is 27.7. The smallest absolute Gasteiger partial charge is 0.463 e. The van der Waals surface area contributed by atoms with Crippen molar-refractivity contribution in [3.05, 3.63) is 11.8 Å². The van der Waals surface area contributed by atoms with Crippen molar-refractivity contribution in [1.82, 2.24) is 5.01 Å². The molecule has 0 aliphatic carbocycles. The maximum absolute atomic E-state index is 11.9. The lowest BCUT2D eigenvalue weighted by Crippen LogP contribution is -2.58. The molecule has 0 aromatic rings. The van der Waals surface area contributed by atoms with Crippen LogP contribution >= 0.6 is 0 Å². The Kier molecular flexibility index (Phi) is 4.46. The van der Waals surface area contributed by atoms with E-state index in [1.165, 1.54) is 6.34 Å². The average Bonchev–Trinajstić information content (AvgIpc) is 3.31. The predicted octanol–water partition coefficient (Wildman–Crippen LogP) is 0.269. The Morgan fingerprint density at radius 2 is 2.24 bits per heavy atom. The van der Waals surface area contributed by atoms with Crippen LogP contribution in [0.5, 0.6) is 0 Å². The number of fused-ring (bicyclic) bond motifs is 2. The molecule has 29 heavy (non-hydrogen) atoms. The number of nitrogens with two attached hydrogens (primary N) is 1. The van der Waals surface area contributed by atoms with Gasteiger partial charge in [0, 0.05) is 5.92 Å². The number of ether oxygens (including phenoxy) is 4. The molecule has 4 aliphatic heterocycles. The molecule has 11 heteroatoms. The molecule has 4 heterocycles. The summed E-state index contributed by atoms with van der Waals surface area (Å²) in [5, 5.41) is 16.0. The minimum Gasteiger partial charge on any atom is -0.463 e. The van der Waals surface area contributed by atoms with Crippen LogP contribution in [0.2, 0.25) is 0 Å². The van der Waals surface area contributed by atoms with Gasteiger partial charge in [-0.15, -0.1) is 0 Å². The molecule has 6 atom stereocenters. The van der Waals surface area contributed by atoms with Crippen LogP contribution in [0.15, 0.2) is 21.9 Å². The van der Waals surface area contributed by atoms with Gasteiger partial charge in [0.25, 0.3) is 0 Å². The van der Waals surface area contributed by atoms with E-state index in [-0.39, 0.29) is 24.3 Å². The second-order valence-corrected chi connectivity index (χ2v) is 7.66. The summed E-state index contributed by atoms with van der Waals surface area (Å²) in [6.07, 6.45) is -0.540. The normalized spacial score (nSPS) is 37.3. The van der Waals surface area contributed by atoms with Crippen molar-refractivity contribution in [2.24, 2.45) is 27.7 Å². The number of nitrogens with zero attached hydrogens (tertiary/aromatic N) is 4. The average molecular weight is 403 g/mol. The molecule has 2 fully saturated rings. The maximum atomic E-state index is 11.9. The lowest BCUT2D eigenvalue weighted by atomic mass is 9.82. The van der Waals surface area contributed by atoms with Crippen LogP contribution in [0, 0.1) is 23.2 Å². The molecule has 0 bridgehead atoms. The SMILES string of the molecule is CC(C)C(=O)OC[C@H]1O[C@@](C#N)(C2C(C)C=C3C(N)=NC=NN32)[C@@H]2OC(=O)O[C@@H]21. The number of amidine groups is 1. The number of nitriles is 1. The first-order valence-corrected chi connectivity index (χ1v) is 9.28. The largest absolute Gasteiger partial charge is 0.509 e. The molecule has 2 N–H and O–H groups in total. The second kappa shape index (κ2) is 6.73. The van der Waals surface area contributed by atoms with Crippen molar-refractivity contribution < 1.29 is 28.5 Å². The maximum Gasteiger partial charge on any atom is 0.509 e. The third kappa shape index (κ3) is 2.82. The van der Waals surface area contributed by atoms with Gasteiger partial charge in [0.15, 0.2) is 18.0 Å². The van der Waals surface area contributed by atoms with Gasteiger partial charge in [-0.25, -0.2) is 9.79 Å². The van der Waals surface area contributed by atoms with Crippen LogP contribution < -0.4 is 5.73 Å². The topological polar surface area (TPSA) is 149 Å². The van der Waals surface area contributed by atoms with Crippen LogP contribution in [0.1, 0.15) is 20.8 Å². The van der Waals surface area contributed by atoms with E-state index in [0.29, 0.717) is 5.70 Å². The van der Waals surface area contributed by atoms with E-state index in [0.717, 1.165) is 0 Å². The number of hydrazone groups is 1. The van der Waals surface area contributed by atoms with Crippen molar-refractivity contribution in [2.75, 3.05) is 6.61 Å². The number of esters is 1. The van der Waals surface area contributed by atoms with Gasteiger partial charge < -0.3 is 24.7 Å². The van der Waals surface area contributed by atoms with Gasteiger partial charge in [0.1, 0.15) is 31.2 Å². The first kappa shape index (κ1) is 19.2. The van der Waals surface area contributed by atoms with Crippen LogP contribution in [0.4, 0.5) is 4.79 Å². The Balaban J connectivity index is 1.65. The van der Waals surface area contributed by atoms with Crippen molar-refractivity contribution in [1.29, 1.82) is 5.26 Å². The van der Waals surface area contributed by atoms with Crippen LogP contribution in [-0.2, 0) is 23.7 Å². The van der Waals surface area contributed by atoms with Gasteiger partial charge in [0.2, 0.25) is 5.60 Å². The fourth-order valence-electron chi connectivity index (χ4n) is 4.12. The molecule has 2 saturated heterocycles. The highest BCUT2D eigenvalue weighted by atomic mass is 16.8. The molecule has 4 rings (SSSR count). The van der Waals surface area contributed by atoms with Crippen molar-refractivity contribution in [2.45, 2.75) is 50.7 Å². The fraction of sp³-hybridized carbons (Fsp3) is 0.611. The van der Waals surface area contributed by atoms with Crippen LogP contribution in [-0.4, -0.2) is 65.9 Å². The highest BCUT2D eigenvalue weighted by Gasteiger charge is 2.69. The summed E-state index contributed by atoms with van der Waals surface area (Å²) in [7, 11) is 0. The molecule has 0 aromatic carbocycles. The van der Waals surface area contributed by atoms with Gasteiger partial charge in [-0.3, -0.25) is 9.80 Å². The molecule has 0 amide bonds. The van der Waals surface area contributed by atoms with E-state index >= 15 is 0 Å². The highest BCUT2D eigenvalue weighted by molar-refractivity contribution is 6.02. The second-order valence-electron chi connectivity index (χ2n) is 7.66. The van der Waals surface area contributed by atoms with Crippen molar-refractivity contribution in [3.8, 4) is 6.07 Å². The van der Waals surface area contributed by atoms with E-state index in [2.05, 4.69) is 16.2 Å². The first-order valence-electron chi connectivity index (χ1n) is 9.28.